The summed E-state index contributed by atoms with van der Waals surface area (Å²) < 4.78 is 0. The zero-order chi connectivity index (χ0) is 9.61. The normalized spacial score (nSPS) is 10.6. The molecule has 0 aromatic heterocycles. The third-order valence-electron chi connectivity index (χ3n) is 1.63. The van der Waals surface area contributed by atoms with Crippen LogP contribution in [0.2, 0.25) is 0 Å². The van der Waals surface area contributed by atoms with Gasteiger partial charge in [-0.15, -0.1) is 0 Å². The number of carbonyl (C=O) groups is 1. The molecular weight excluding hydrogens is 154 g/mol. The molecule has 0 aromatic carbocycles. The first-order valence-electron chi connectivity index (χ1n) is 4.03. The van der Waals surface area contributed by atoms with Crippen LogP contribution in [-0.2, 0) is 4.79 Å². The molecule has 4 heteroatoms. The zero-order valence-electron chi connectivity index (χ0n) is 7.87. The first-order chi connectivity index (χ1) is 5.48. The minimum atomic E-state index is -0.357. The molecule has 0 aromatic rings. The van der Waals surface area contributed by atoms with E-state index in [1.807, 2.05) is 13.8 Å². The van der Waals surface area contributed by atoms with E-state index in [4.69, 9.17) is 5.53 Å². The lowest BCUT2D eigenvalue weighted by molar-refractivity contribution is -0.117. The zero-order valence-corrected chi connectivity index (χ0v) is 7.87. The molecule has 0 fully saturated rings. The van der Waals surface area contributed by atoms with Gasteiger partial charge in [-0.05, 0) is 25.3 Å². The quantitative estimate of drug-likeness (QED) is 0.354. The first kappa shape index (κ1) is 11.0. The molecule has 4 nitrogen and oxygen atoms in total. The first-order valence-corrected chi connectivity index (χ1v) is 4.03. The Labute approximate surface area is 72.6 Å². The van der Waals surface area contributed by atoms with Gasteiger partial charge in [-0.25, -0.2) is 0 Å². The Morgan fingerprint density at radius 1 is 1.58 bits per heavy atom. The van der Waals surface area contributed by atoms with Crippen molar-refractivity contribution in [2.45, 2.75) is 45.6 Å². The number of rotatable bonds is 5. The number of hydrogen-bond donors (Lipinski definition) is 0. The molecule has 0 amide bonds. The fourth-order valence-corrected chi connectivity index (χ4v) is 0.941. The van der Waals surface area contributed by atoms with Crippen LogP contribution in [0.5, 0.6) is 0 Å². The second kappa shape index (κ2) is 4.78. The predicted molar refractivity (Wildman–Crippen MR) is 47.8 cm³/mol. The molecule has 0 aliphatic rings. The molecular formula is C8H15N3O. The van der Waals surface area contributed by atoms with Crippen molar-refractivity contribution in [3.05, 3.63) is 10.4 Å². The fourth-order valence-electron chi connectivity index (χ4n) is 0.941. The Hall–Kier alpha value is -1.02. The Morgan fingerprint density at radius 3 is 2.58 bits per heavy atom. The van der Waals surface area contributed by atoms with Crippen LogP contribution in [0, 0.1) is 0 Å². The van der Waals surface area contributed by atoms with Gasteiger partial charge in [-0.1, -0.05) is 19.0 Å². The number of ketones is 1. The minimum Gasteiger partial charge on any atom is -0.300 e. The van der Waals surface area contributed by atoms with E-state index in [2.05, 4.69) is 10.0 Å². The lowest BCUT2D eigenvalue weighted by Crippen LogP contribution is -2.15. The van der Waals surface area contributed by atoms with Crippen LogP contribution in [0.3, 0.4) is 0 Å². The summed E-state index contributed by atoms with van der Waals surface area (Å²) in [6.07, 6.45) is 2.13. The Morgan fingerprint density at radius 2 is 2.17 bits per heavy atom. The second-order valence-corrected chi connectivity index (χ2v) is 3.56. The van der Waals surface area contributed by atoms with Crippen LogP contribution in [0.25, 0.3) is 10.4 Å². The molecule has 0 bridgehead atoms. The standard InChI is InChI=1S/C8H15N3O/c1-7(12)5-4-6-8(2,3)10-11-9/h4-6H2,1-3H3. The van der Waals surface area contributed by atoms with Gasteiger partial charge in [0.1, 0.15) is 5.78 Å². The van der Waals surface area contributed by atoms with Crippen molar-refractivity contribution in [1.82, 2.24) is 0 Å². The summed E-state index contributed by atoms with van der Waals surface area (Å²) in [6.45, 7) is 5.31. The van der Waals surface area contributed by atoms with Crippen LogP contribution in [0.15, 0.2) is 5.11 Å². The van der Waals surface area contributed by atoms with Crippen LogP contribution in [0.1, 0.15) is 40.0 Å². The molecule has 0 spiro atoms. The molecule has 0 saturated carbocycles. The van der Waals surface area contributed by atoms with Crippen molar-refractivity contribution in [2.24, 2.45) is 5.11 Å². The van der Waals surface area contributed by atoms with Gasteiger partial charge in [0.25, 0.3) is 0 Å². The summed E-state index contributed by atoms with van der Waals surface area (Å²) in [5.41, 5.74) is 7.84. The average Bonchev–Trinajstić information content (AvgIpc) is 1.85. The molecule has 0 N–H and O–H groups in total. The summed E-state index contributed by atoms with van der Waals surface area (Å²) in [7, 11) is 0. The lowest BCUT2D eigenvalue weighted by Gasteiger charge is -2.16. The SMILES string of the molecule is CC(=O)CCCC(C)(C)N=[N+]=[N-]. The van der Waals surface area contributed by atoms with Gasteiger partial charge < -0.3 is 4.79 Å². The highest BCUT2D eigenvalue weighted by molar-refractivity contribution is 5.75. The summed E-state index contributed by atoms with van der Waals surface area (Å²) in [4.78, 5) is 13.3. The number of nitrogens with zero attached hydrogens (tertiary/aromatic N) is 3. The van der Waals surface area contributed by atoms with E-state index in [9.17, 15) is 4.79 Å². The Balaban J connectivity index is 3.75. The van der Waals surface area contributed by atoms with Gasteiger partial charge in [0.2, 0.25) is 0 Å². The average molecular weight is 169 g/mol. The lowest BCUT2D eigenvalue weighted by atomic mass is 9.98. The third kappa shape index (κ3) is 5.74. The van der Waals surface area contributed by atoms with Crippen LogP contribution in [-0.4, -0.2) is 11.3 Å². The van der Waals surface area contributed by atoms with Gasteiger partial charge in [-0.3, -0.25) is 0 Å². The molecule has 68 valence electrons. The van der Waals surface area contributed by atoms with E-state index in [0.29, 0.717) is 6.42 Å². The van der Waals surface area contributed by atoms with Gasteiger partial charge in [0, 0.05) is 16.9 Å². The number of azide groups is 1. The molecule has 0 aliphatic carbocycles. The van der Waals surface area contributed by atoms with Gasteiger partial charge >= 0.3 is 0 Å². The monoisotopic (exact) mass is 169 g/mol. The summed E-state index contributed by atoms with van der Waals surface area (Å²) in [6, 6.07) is 0. The van der Waals surface area contributed by atoms with Gasteiger partial charge in [0.05, 0.1) is 0 Å². The van der Waals surface area contributed by atoms with Crippen molar-refractivity contribution in [2.75, 3.05) is 0 Å². The van der Waals surface area contributed by atoms with E-state index in [0.717, 1.165) is 12.8 Å². The third-order valence-corrected chi connectivity index (χ3v) is 1.63. The largest absolute Gasteiger partial charge is 0.300 e. The van der Waals surface area contributed by atoms with Crippen LogP contribution >= 0.6 is 0 Å². The van der Waals surface area contributed by atoms with E-state index in [1.165, 1.54) is 0 Å². The maximum Gasteiger partial charge on any atom is 0.129 e. The maximum absolute atomic E-state index is 10.6. The van der Waals surface area contributed by atoms with Crippen LogP contribution in [0.4, 0.5) is 0 Å². The summed E-state index contributed by atoms with van der Waals surface area (Å²) in [5.74, 6) is 0.187. The fraction of sp³-hybridized carbons (Fsp3) is 0.875. The summed E-state index contributed by atoms with van der Waals surface area (Å²) >= 11 is 0. The van der Waals surface area contributed by atoms with Crippen LogP contribution < -0.4 is 0 Å². The molecule has 0 rings (SSSR count). The van der Waals surface area contributed by atoms with Gasteiger partial charge in [-0.2, -0.15) is 0 Å². The molecule has 0 radical (unpaired) electrons. The van der Waals surface area contributed by atoms with E-state index >= 15 is 0 Å². The van der Waals surface area contributed by atoms with Gasteiger partial charge in [0.15, 0.2) is 0 Å². The van der Waals surface area contributed by atoms with E-state index in [-0.39, 0.29) is 11.3 Å². The highest BCUT2D eigenvalue weighted by Crippen LogP contribution is 2.17. The van der Waals surface area contributed by atoms with E-state index < -0.39 is 0 Å². The topological polar surface area (TPSA) is 65.8 Å². The summed E-state index contributed by atoms with van der Waals surface area (Å²) in [5, 5.41) is 3.62. The second-order valence-electron chi connectivity index (χ2n) is 3.56. The molecule has 0 unspecified atom stereocenters. The highest BCUT2D eigenvalue weighted by atomic mass is 16.1. The predicted octanol–water partition coefficient (Wildman–Crippen LogP) is 2.83. The Bertz CT molecular complexity index is 204. The Kier molecular flexibility index (Phi) is 4.37. The molecule has 12 heavy (non-hydrogen) atoms. The number of carbonyl (C=O) groups excluding carboxylic acids is 1. The van der Waals surface area contributed by atoms with Crippen molar-refractivity contribution < 1.29 is 4.79 Å². The van der Waals surface area contributed by atoms with Crippen molar-refractivity contribution in [1.29, 1.82) is 0 Å². The minimum absolute atomic E-state index is 0.187. The maximum atomic E-state index is 10.6. The smallest absolute Gasteiger partial charge is 0.129 e. The van der Waals surface area contributed by atoms with Crippen molar-refractivity contribution in [3.63, 3.8) is 0 Å². The van der Waals surface area contributed by atoms with Crippen molar-refractivity contribution >= 4 is 5.78 Å². The van der Waals surface area contributed by atoms with Crippen molar-refractivity contribution in [3.8, 4) is 0 Å². The number of Topliss-reactive ketones (excluding diaryl/α,β-unsaturated/α-hetero) is 1. The molecule has 0 aliphatic heterocycles. The van der Waals surface area contributed by atoms with E-state index in [1.54, 1.807) is 6.92 Å². The molecule has 0 atom stereocenters. The molecule has 0 saturated heterocycles. The number of hydrogen-bond acceptors (Lipinski definition) is 2. The highest BCUT2D eigenvalue weighted by Gasteiger charge is 2.14. The molecule has 0 heterocycles.